The molecule has 3 saturated heterocycles. The molecule has 9 heteroatoms. The first-order valence-corrected chi connectivity index (χ1v) is 10.4. The first kappa shape index (κ1) is 20.8. The van der Waals surface area contributed by atoms with Gasteiger partial charge < -0.3 is 19.3 Å². The van der Waals surface area contributed by atoms with Crippen molar-refractivity contribution >= 4 is 12.1 Å². The van der Waals surface area contributed by atoms with Gasteiger partial charge in [0.05, 0.1) is 13.2 Å². The van der Waals surface area contributed by atoms with Gasteiger partial charge in [0.1, 0.15) is 5.41 Å². The number of likely N-dealkylation sites (tertiary alicyclic amines) is 1. The van der Waals surface area contributed by atoms with Gasteiger partial charge in [-0.1, -0.05) is 0 Å². The fourth-order valence-corrected chi connectivity index (χ4v) is 5.22. The summed E-state index contributed by atoms with van der Waals surface area (Å²) in [5.74, 6) is -0.441. The molecule has 9 nitrogen and oxygen atoms in total. The molecule has 3 heterocycles. The third-order valence-electron chi connectivity index (χ3n) is 6.60. The zero-order valence-corrected chi connectivity index (χ0v) is 16.8. The monoisotopic (exact) mass is 397 g/mol. The number of amides is 1. The summed E-state index contributed by atoms with van der Waals surface area (Å²) in [6.07, 6.45) is 4.48. The highest BCUT2D eigenvalue weighted by molar-refractivity contribution is 5.77. The molecular weight excluding hydrogens is 366 g/mol. The normalized spacial score (nSPS) is 29.4. The van der Waals surface area contributed by atoms with Gasteiger partial charge in [-0.15, -0.1) is 0 Å². The maximum Gasteiger partial charge on any atom is 0.410 e. The molecule has 0 radical (unpaired) electrons. The van der Waals surface area contributed by atoms with Crippen LogP contribution in [0.4, 0.5) is 4.79 Å². The van der Waals surface area contributed by atoms with Gasteiger partial charge in [0.15, 0.2) is 0 Å². The number of carbonyl (C=O) groups excluding carboxylic acids is 2. The van der Waals surface area contributed by atoms with E-state index < -0.39 is 16.3 Å². The minimum absolute atomic E-state index is 0.207. The highest BCUT2D eigenvalue weighted by Crippen LogP contribution is 2.41. The molecular formula is C19H31N3O6. The zero-order chi connectivity index (χ0) is 20.3. The molecule has 3 aliphatic rings. The first-order chi connectivity index (χ1) is 13.4. The number of nitrogens with zero attached hydrogens (tertiary/aromatic N) is 3. The van der Waals surface area contributed by atoms with Gasteiger partial charge in [-0.05, 0) is 65.5 Å². The van der Waals surface area contributed by atoms with Crippen LogP contribution in [0.3, 0.4) is 0 Å². The topological polar surface area (TPSA) is 102 Å². The molecule has 3 fully saturated rings. The Bertz CT molecular complexity index is 590. The highest BCUT2D eigenvalue weighted by atomic mass is 16.6. The highest BCUT2D eigenvalue weighted by Gasteiger charge is 2.50. The van der Waals surface area contributed by atoms with E-state index in [2.05, 4.69) is 4.90 Å². The van der Waals surface area contributed by atoms with Gasteiger partial charge in [0, 0.05) is 23.0 Å². The third kappa shape index (κ3) is 4.09. The van der Waals surface area contributed by atoms with Crippen molar-refractivity contribution in [3.63, 3.8) is 0 Å². The number of ether oxygens (including phenoxy) is 2. The predicted molar refractivity (Wildman–Crippen MR) is 100 cm³/mol. The summed E-state index contributed by atoms with van der Waals surface area (Å²) in [5.41, 5.74) is -1.01. The lowest BCUT2D eigenvalue weighted by atomic mass is 9.77. The molecule has 1 amide bonds. The smallest absolute Gasteiger partial charge is 0.410 e. The Morgan fingerprint density at radius 2 is 1.61 bits per heavy atom. The van der Waals surface area contributed by atoms with Crippen LogP contribution in [0.5, 0.6) is 0 Å². The number of nitro groups is 1. The van der Waals surface area contributed by atoms with E-state index in [0.717, 1.165) is 25.7 Å². The lowest BCUT2D eigenvalue weighted by Crippen LogP contribution is -2.56. The van der Waals surface area contributed by atoms with Crippen LogP contribution in [-0.2, 0) is 14.3 Å². The van der Waals surface area contributed by atoms with Gasteiger partial charge in [-0.3, -0.25) is 14.9 Å². The van der Waals surface area contributed by atoms with Crippen LogP contribution in [0.2, 0.25) is 0 Å². The molecule has 28 heavy (non-hydrogen) atoms. The second-order valence-corrected chi connectivity index (χ2v) is 8.14. The quantitative estimate of drug-likeness (QED) is 0.384. The molecule has 1 unspecified atom stereocenters. The van der Waals surface area contributed by atoms with E-state index in [1.54, 1.807) is 6.92 Å². The van der Waals surface area contributed by atoms with E-state index in [9.17, 15) is 19.7 Å². The lowest BCUT2D eigenvalue weighted by Gasteiger charge is -2.46. The SMILES string of the molecule is CCOC(=O)N1[C@@H]2CC[C@H]1CC(N1CCC(C[N+](=O)[O-])(C(=O)OCC)CC1)C2. The molecule has 3 atom stereocenters. The first-order valence-electron chi connectivity index (χ1n) is 10.4. The van der Waals surface area contributed by atoms with E-state index in [1.807, 2.05) is 11.8 Å². The van der Waals surface area contributed by atoms with Gasteiger partial charge in [0.25, 0.3) is 0 Å². The van der Waals surface area contributed by atoms with Crippen molar-refractivity contribution in [3.8, 4) is 0 Å². The number of hydrogen-bond donors (Lipinski definition) is 0. The number of fused-ring (bicyclic) bond motifs is 2. The average Bonchev–Trinajstić information content (AvgIpc) is 2.92. The molecule has 0 aromatic heterocycles. The molecule has 0 aromatic carbocycles. The van der Waals surface area contributed by atoms with Crippen LogP contribution in [0.15, 0.2) is 0 Å². The maximum atomic E-state index is 12.4. The summed E-state index contributed by atoms with van der Waals surface area (Å²) in [4.78, 5) is 39.7. The number of carbonyl (C=O) groups is 2. The molecule has 2 bridgehead atoms. The summed E-state index contributed by atoms with van der Waals surface area (Å²) in [6, 6.07) is 0.760. The predicted octanol–water partition coefficient (Wildman–Crippen LogP) is 2.06. The van der Waals surface area contributed by atoms with E-state index in [-0.39, 0.29) is 31.3 Å². The van der Waals surface area contributed by atoms with Gasteiger partial charge in [-0.2, -0.15) is 0 Å². The van der Waals surface area contributed by atoms with Crippen LogP contribution >= 0.6 is 0 Å². The number of hydrogen-bond acceptors (Lipinski definition) is 7. The van der Waals surface area contributed by atoms with Crippen molar-refractivity contribution in [2.24, 2.45) is 5.41 Å². The van der Waals surface area contributed by atoms with Crippen molar-refractivity contribution in [3.05, 3.63) is 10.1 Å². The molecule has 0 aliphatic carbocycles. The van der Waals surface area contributed by atoms with Crippen molar-refractivity contribution in [1.29, 1.82) is 0 Å². The van der Waals surface area contributed by atoms with Crippen LogP contribution in [0, 0.1) is 15.5 Å². The van der Waals surface area contributed by atoms with Crippen LogP contribution in [0.25, 0.3) is 0 Å². The minimum atomic E-state index is -1.01. The van der Waals surface area contributed by atoms with Crippen molar-refractivity contribution in [2.75, 3.05) is 32.8 Å². The van der Waals surface area contributed by atoms with E-state index >= 15 is 0 Å². The van der Waals surface area contributed by atoms with Gasteiger partial charge in [-0.25, -0.2) is 4.79 Å². The largest absolute Gasteiger partial charge is 0.465 e. The Morgan fingerprint density at radius 3 is 2.11 bits per heavy atom. The Morgan fingerprint density at radius 1 is 1.04 bits per heavy atom. The van der Waals surface area contributed by atoms with E-state index in [4.69, 9.17) is 9.47 Å². The second kappa shape index (κ2) is 8.63. The number of rotatable bonds is 6. The molecule has 0 saturated carbocycles. The van der Waals surface area contributed by atoms with E-state index in [1.165, 1.54) is 0 Å². The van der Waals surface area contributed by atoms with E-state index in [0.29, 0.717) is 38.6 Å². The molecule has 3 aliphatic heterocycles. The van der Waals surface area contributed by atoms with Gasteiger partial charge >= 0.3 is 12.1 Å². The average molecular weight is 397 g/mol. The minimum Gasteiger partial charge on any atom is -0.465 e. The van der Waals surface area contributed by atoms with Crippen molar-refractivity contribution in [1.82, 2.24) is 9.80 Å². The molecule has 158 valence electrons. The fraction of sp³-hybridized carbons (Fsp3) is 0.895. The summed E-state index contributed by atoms with van der Waals surface area (Å²) in [7, 11) is 0. The number of piperidine rings is 2. The van der Waals surface area contributed by atoms with Crippen LogP contribution < -0.4 is 0 Å². The summed E-state index contributed by atoms with van der Waals surface area (Å²) < 4.78 is 10.4. The number of esters is 1. The zero-order valence-electron chi connectivity index (χ0n) is 16.8. The third-order valence-corrected chi connectivity index (χ3v) is 6.60. The summed E-state index contributed by atoms with van der Waals surface area (Å²) in [5, 5.41) is 11.1. The summed E-state index contributed by atoms with van der Waals surface area (Å²) >= 11 is 0. The molecule has 0 aromatic rings. The maximum absolute atomic E-state index is 12.4. The van der Waals surface area contributed by atoms with Gasteiger partial charge in [0.2, 0.25) is 6.54 Å². The standard InChI is InChI=1S/C19H31N3O6/c1-3-27-17(23)19(13-21(25)26)7-9-20(10-8-19)16-11-14-5-6-15(12-16)22(14)18(24)28-4-2/h14-16H,3-13H2,1-2H3/t14-,15+,16?. The Hall–Kier alpha value is -1.90. The Kier molecular flexibility index (Phi) is 6.42. The molecule has 0 spiro atoms. The Labute approximate surface area is 165 Å². The second-order valence-electron chi connectivity index (χ2n) is 8.14. The molecule has 0 N–H and O–H groups in total. The lowest BCUT2D eigenvalue weighted by molar-refractivity contribution is -0.496. The van der Waals surface area contributed by atoms with Crippen molar-refractivity contribution < 1.29 is 24.0 Å². The van der Waals surface area contributed by atoms with Crippen LogP contribution in [0.1, 0.15) is 52.4 Å². The van der Waals surface area contributed by atoms with Crippen molar-refractivity contribution in [2.45, 2.75) is 70.5 Å². The fourth-order valence-electron chi connectivity index (χ4n) is 5.22. The molecule has 3 rings (SSSR count). The van der Waals surface area contributed by atoms with Crippen LogP contribution in [-0.4, -0.2) is 77.8 Å². The Balaban J connectivity index is 1.61. The summed E-state index contributed by atoms with van der Waals surface area (Å²) in [6.45, 7) is 5.09.